The lowest BCUT2D eigenvalue weighted by molar-refractivity contribution is -0.122. The monoisotopic (exact) mass is 255 g/mol. The average Bonchev–Trinajstić information content (AvgIpc) is 2.39. The van der Waals surface area contributed by atoms with E-state index in [9.17, 15) is 0 Å². The molecule has 3 nitrogen and oxygen atoms in total. The minimum Gasteiger partial charge on any atom is -0.379 e. The Kier molecular flexibility index (Phi) is 4.68. The Labute approximate surface area is 112 Å². The van der Waals surface area contributed by atoms with Crippen LogP contribution in [-0.2, 0) is 9.47 Å². The second-order valence-corrected chi connectivity index (χ2v) is 6.48. The van der Waals surface area contributed by atoms with E-state index in [1.54, 1.807) is 7.11 Å². The van der Waals surface area contributed by atoms with Crippen molar-refractivity contribution < 1.29 is 9.47 Å². The van der Waals surface area contributed by atoms with Gasteiger partial charge in [-0.15, -0.1) is 0 Å². The molecule has 2 fully saturated rings. The predicted molar refractivity (Wildman–Crippen MR) is 73.9 cm³/mol. The fourth-order valence-electron chi connectivity index (χ4n) is 3.38. The summed E-state index contributed by atoms with van der Waals surface area (Å²) in [5, 5.41) is 3.70. The lowest BCUT2D eigenvalue weighted by Gasteiger charge is -2.47. The molecule has 1 atom stereocenters. The van der Waals surface area contributed by atoms with Crippen molar-refractivity contribution in [1.29, 1.82) is 0 Å². The quantitative estimate of drug-likeness (QED) is 0.838. The Morgan fingerprint density at radius 1 is 1.28 bits per heavy atom. The molecule has 1 saturated carbocycles. The fraction of sp³-hybridized carbons (Fsp3) is 1.00. The number of methoxy groups -OCH3 is 1. The third kappa shape index (κ3) is 3.25. The van der Waals surface area contributed by atoms with Gasteiger partial charge in [0.05, 0.1) is 17.8 Å². The molecule has 1 N–H and O–H groups in total. The third-order valence-corrected chi connectivity index (χ3v) is 4.80. The van der Waals surface area contributed by atoms with Crippen LogP contribution in [0.25, 0.3) is 0 Å². The van der Waals surface area contributed by atoms with E-state index in [-0.39, 0.29) is 11.2 Å². The summed E-state index contributed by atoms with van der Waals surface area (Å²) in [6.45, 7) is 6.22. The molecule has 0 amide bonds. The number of nitrogens with one attached hydrogen (secondary N) is 1. The van der Waals surface area contributed by atoms with Gasteiger partial charge in [0.25, 0.3) is 0 Å². The number of morpholine rings is 1. The molecule has 0 radical (unpaired) electrons. The molecule has 1 saturated heterocycles. The fourth-order valence-corrected chi connectivity index (χ4v) is 3.38. The van der Waals surface area contributed by atoms with E-state index in [2.05, 4.69) is 19.2 Å². The second kappa shape index (κ2) is 5.89. The summed E-state index contributed by atoms with van der Waals surface area (Å²) in [4.78, 5) is 0. The van der Waals surface area contributed by atoms with Crippen LogP contribution in [0.3, 0.4) is 0 Å². The summed E-state index contributed by atoms with van der Waals surface area (Å²) in [5.41, 5.74) is 0.106. The Bertz CT molecular complexity index is 251. The zero-order chi connectivity index (χ0) is 13.1. The van der Waals surface area contributed by atoms with Crippen LogP contribution in [0.1, 0.15) is 58.8 Å². The second-order valence-electron chi connectivity index (χ2n) is 6.48. The highest BCUT2D eigenvalue weighted by Crippen LogP contribution is 2.38. The molecule has 1 aliphatic heterocycles. The number of hydrogen-bond donors (Lipinski definition) is 1. The van der Waals surface area contributed by atoms with Gasteiger partial charge in [0.2, 0.25) is 0 Å². The van der Waals surface area contributed by atoms with Gasteiger partial charge in [-0.2, -0.15) is 0 Å². The normalized spacial score (nSPS) is 28.5. The maximum Gasteiger partial charge on any atom is 0.0835 e. The number of rotatable bonds is 4. The molecule has 1 heterocycles. The zero-order valence-electron chi connectivity index (χ0n) is 12.3. The van der Waals surface area contributed by atoms with Gasteiger partial charge < -0.3 is 14.8 Å². The SMILES string of the molecule is COC(C)(C)CCC1NCCOC12CCCCC2. The molecule has 0 aromatic carbocycles. The summed E-state index contributed by atoms with van der Waals surface area (Å²) < 4.78 is 11.8. The standard InChI is InChI=1S/C15H29NO2/c1-14(2,17-3)10-7-13-15(18-12-11-16-13)8-5-4-6-9-15/h13,16H,4-12H2,1-3H3. The van der Waals surface area contributed by atoms with Gasteiger partial charge in [0, 0.05) is 19.7 Å². The van der Waals surface area contributed by atoms with E-state index in [4.69, 9.17) is 9.47 Å². The molecule has 3 heteroatoms. The molecule has 0 bridgehead atoms. The van der Waals surface area contributed by atoms with E-state index >= 15 is 0 Å². The molecule has 1 unspecified atom stereocenters. The Morgan fingerprint density at radius 3 is 2.67 bits per heavy atom. The van der Waals surface area contributed by atoms with E-state index < -0.39 is 0 Å². The molecule has 18 heavy (non-hydrogen) atoms. The van der Waals surface area contributed by atoms with Crippen LogP contribution in [-0.4, -0.2) is 37.5 Å². The topological polar surface area (TPSA) is 30.5 Å². The summed E-state index contributed by atoms with van der Waals surface area (Å²) in [7, 11) is 1.81. The third-order valence-electron chi connectivity index (χ3n) is 4.80. The van der Waals surface area contributed by atoms with Crippen LogP contribution in [0, 0.1) is 0 Å². The largest absolute Gasteiger partial charge is 0.379 e. The molecular formula is C15H29NO2. The van der Waals surface area contributed by atoms with E-state index in [0.29, 0.717) is 6.04 Å². The van der Waals surface area contributed by atoms with Crippen LogP contribution in [0.5, 0.6) is 0 Å². The molecule has 1 aliphatic carbocycles. The van der Waals surface area contributed by atoms with Crippen molar-refractivity contribution >= 4 is 0 Å². The van der Waals surface area contributed by atoms with Crippen LogP contribution in [0.15, 0.2) is 0 Å². The van der Waals surface area contributed by atoms with Gasteiger partial charge in [-0.1, -0.05) is 19.3 Å². The average molecular weight is 255 g/mol. The molecule has 106 valence electrons. The van der Waals surface area contributed by atoms with Crippen LogP contribution >= 0.6 is 0 Å². The summed E-state index contributed by atoms with van der Waals surface area (Å²) in [6.07, 6.45) is 8.74. The number of ether oxygens (including phenoxy) is 2. The first-order valence-electron chi connectivity index (χ1n) is 7.50. The van der Waals surface area contributed by atoms with Crippen LogP contribution < -0.4 is 5.32 Å². The van der Waals surface area contributed by atoms with Crippen molar-refractivity contribution in [1.82, 2.24) is 5.32 Å². The molecular weight excluding hydrogens is 226 g/mol. The van der Waals surface area contributed by atoms with E-state index in [0.717, 1.165) is 26.0 Å². The molecule has 1 spiro atoms. The summed E-state index contributed by atoms with van der Waals surface area (Å²) in [5.74, 6) is 0. The Morgan fingerprint density at radius 2 is 2.00 bits per heavy atom. The first-order chi connectivity index (χ1) is 8.58. The Hall–Kier alpha value is -0.120. The maximum absolute atomic E-state index is 6.21. The lowest BCUT2D eigenvalue weighted by Crippen LogP contribution is -2.59. The van der Waals surface area contributed by atoms with E-state index in [1.165, 1.54) is 32.1 Å². The predicted octanol–water partition coefficient (Wildman–Crippen LogP) is 2.88. The van der Waals surface area contributed by atoms with Crippen molar-refractivity contribution in [2.45, 2.75) is 76.0 Å². The highest BCUT2D eigenvalue weighted by Gasteiger charge is 2.42. The Balaban J connectivity index is 1.95. The molecule has 0 aromatic heterocycles. The lowest BCUT2D eigenvalue weighted by atomic mass is 9.76. The van der Waals surface area contributed by atoms with Crippen molar-refractivity contribution in [2.75, 3.05) is 20.3 Å². The van der Waals surface area contributed by atoms with Crippen LogP contribution in [0.4, 0.5) is 0 Å². The number of hydrogen-bond acceptors (Lipinski definition) is 3. The van der Waals surface area contributed by atoms with Crippen molar-refractivity contribution in [3.8, 4) is 0 Å². The van der Waals surface area contributed by atoms with Crippen molar-refractivity contribution in [3.63, 3.8) is 0 Å². The molecule has 0 aromatic rings. The van der Waals surface area contributed by atoms with Crippen molar-refractivity contribution in [2.24, 2.45) is 0 Å². The smallest absolute Gasteiger partial charge is 0.0835 e. The van der Waals surface area contributed by atoms with Gasteiger partial charge in [-0.05, 0) is 39.5 Å². The summed E-state index contributed by atoms with van der Waals surface area (Å²) in [6, 6.07) is 0.515. The summed E-state index contributed by atoms with van der Waals surface area (Å²) >= 11 is 0. The highest BCUT2D eigenvalue weighted by molar-refractivity contribution is 4.98. The first-order valence-corrected chi connectivity index (χ1v) is 7.50. The molecule has 2 aliphatic rings. The maximum atomic E-state index is 6.21. The highest BCUT2D eigenvalue weighted by atomic mass is 16.5. The minimum atomic E-state index is -0.0189. The van der Waals surface area contributed by atoms with Gasteiger partial charge in [0.15, 0.2) is 0 Å². The van der Waals surface area contributed by atoms with Gasteiger partial charge in [-0.3, -0.25) is 0 Å². The molecule has 2 rings (SSSR count). The van der Waals surface area contributed by atoms with E-state index in [1.807, 2.05) is 0 Å². The van der Waals surface area contributed by atoms with Crippen LogP contribution in [0.2, 0.25) is 0 Å². The van der Waals surface area contributed by atoms with Crippen molar-refractivity contribution in [3.05, 3.63) is 0 Å². The minimum absolute atomic E-state index is 0.0189. The first kappa shape index (κ1) is 14.3. The van der Waals surface area contributed by atoms with Gasteiger partial charge >= 0.3 is 0 Å². The zero-order valence-corrected chi connectivity index (χ0v) is 12.3. The van der Waals surface area contributed by atoms with Gasteiger partial charge in [0.1, 0.15) is 0 Å². The van der Waals surface area contributed by atoms with Gasteiger partial charge in [-0.25, -0.2) is 0 Å².